The van der Waals surface area contributed by atoms with Gasteiger partial charge in [0.15, 0.2) is 0 Å². The summed E-state index contributed by atoms with van der Waals surface area (Å²) in [5.41, 5.74) is 6.13. The highest BCUT2D eigenvalue weighted by molar-refractivity contribution is 6.30. The minimum Gasteiger partial charge on any atom is -0.495 e. The van der Waals surface area contributed by atoms with Gasteiger partial charge in [-0.1, -0.05) is 11.6 Å². The van der Waals surface area contributed by atoms with Gasteiger partial charge in [-0.15, -0.1) is 24.8 Å². The van der Waals surface area contributed by atoms with Crippen LogP contribution in [0.2, 0.25) is 5.02 Å². The average Bonchev–Trinajstić information content (AvgIpc) is 2.39. The van der Waals surface area contributed by atoms with Gasteiger partial charge < -0.3 is 21.1 Å². The van der Waals surface area contributed by atoms with Crippen molar-refractivity contribution in [3.63, 3.8) is 0 Å². The molecule has 0 saturated carbocycles. The van der Waals surface area contributed by atoms with E-state index in [1.807, 2.05) is 0 Å². The third kappa shape index (κ3) is 8.88. The van der Waals surface area contributed by atoms with Gasteiger partial charge in [0.05, 0.1) is 12.8 Å². The lowest BCUT2D eigenvalue weighted by Crippen LogP contribution is -2.27. The monoisotopic (exact) mass is 357 g/mol. The zero-order chi connectivity index (χ0) is 14.1. The fourth-order valence-corrected chi connectivity index (χ4v) is 1.72. The second kappa shape index (κ2) is 12.8. The number of hydrogen-bond acceptors (Lipinski definition) is 4. The van der Waals surface area contributed by atoms with Crippen LogP contribution in [0.15, 0.2) is 18.2 Å². The Hall–Kier alpha value is -0.880. The van der Waals surface area contributed by atoms with E-state index in [0.717, 1.165) is 12.1 Å². The van der Waals surface area contributed by atoms with Crippen molar-refractivity contribution in [3.05, 3.63) is 23.2 Å². The number of methoxy groups -OCH3 is 1. The van der Waals surface area contributed by atoms with Crippen LogP contribution in [-0.4, -0.2) is 32.7 Å². The van der Waals surface area contributed by atoms with Crippen LogP contribution in [0.1, 0.15) is 12.8 Å². The lowest BCUT2D eigenvalue weighted by Gasteiger charge is -2.11. The van der Waals surface area contributed by atoms with Crippen molar-refractivity contribution in [1.29, 1.82) is 0 Å². The number of ether oxygens (including phenoxy) is 1. The van der Waals surface area contributed by atoms with E-state index in [9.17, 15) is 4.79 Å². The van der Waals surface area contributed by atoms with Crippen LogP contribution in [0.25, 0.3) is 0 Å². The minimum absolute atomic E-state index is 0. The van der Waals surface area contributed by atoms with Crippen LogP contribution in [0.4, 0.5) is 5.69 Å². The second-order valence-electron chi connectivity index (χ2n) is 4.01. The maximum atomic E-state index is 11.5. The first kappa shape index (κ1) is 22.4. The number of halogens is 3. The Bertz CT molecular complexity index is 420. The molecule has 0 heterocycles. The highest BCUT2D eigenvalue weighted by Crippen LogP contribution is 2.27. The third-order valence-electron chi connectivity index (χ3n) is 2.53. The fraction of sp³-hybridized carbons (Fsp3) is 0.462. The summed E-state index contributed by atoms with van der Waals surface area (Å²) in [6.45, 7) is 1.72. The molecule has 0 unspecified atom stereocenters. The Kier molecular flexibility index (Phi) is 13.7. The molecule has 0 aliphatic carbocycles. The second-order valence-corrected chi connectivity index (χ2v) is 4.45. The fourth-order valence-electron chi connectivity index (χ4n) is 1.55. The van der Waals surface area contributed by atoms with Gasteiger partial charge in [-0.05, 0) is 31.2 Å². The molecule has 122 valence electrons. The molecule has 0 bridgehead atoms. The average molecular weight is 359 g/mol. The predicted molar refractivity (Wildman–Crippen MR) is 92.3 cm³/mol. The number of amides is 1. The van der Waals surface area contributed by atoms with Crippen molar-refractivity contribution in [3.8, 4) is 5.75 Å². The number of anilines is 1. The minimum atomic E-state index is 0. The molecule has 0 aliphatic rings. The normalized spacial score (nSPS) is 9.10. The predicted octanol–water partition coefficient (Wildman–Crippen LogP) is 2.46. The summed E-state index contributed by atoms with van der Waals surface area (Å²) in [6, 6.07) is 5.31. The van der Waals surface area contributed by atoms with Gasteiger partial charge in [0.25, 0.3) is 0 Å². The zero-order valence-electron chi connectivity index (χ0n) is 11.9. The topological polar surface area (TPSA) is 76.4 Å². The molecule has 0 spiro atoms. The molecule has 8 heteroatoms. The van der Waals surface area contributed by atoms with Gasteiger partial charge in [0.1, 0.15) is 5.75 Å². The first-order chi connectivity index (χ1) is 9.17. The van der Waals surface area contributed by atoms with Crippen molar-refractivity contribution in [1.82, 2.24) is 5.32 Å². The van der Waals surface area contributed by atoms with Crippen molar-refractivity contribution in [2.45, 2.75) is 12.8 Å². The summed E-state index contributed by atoms with van der Waals surface area (Å²) < 4.78 is 5.20. The summed E-state index contributed by atoms with van der Waals surface area (Å²) in [6.07, 6.45) is 1.18. The van der Waals surface area contributed by atoms with Crippen LogP contribution in [0, 0.1) is 0 Å². The Balaban J connectivity index is 0. The molecular formula is C13H22Cl3N3O2. The molecule has 1 rings (SSSR count). The number of nitrogens with two attached hydrogens (primary N) is 1. The van der Waals surface area contributed by atoms with Gasteiger partial charge >= 0.3 is 0 Å². The molecule has 0 aliphatic heterocycles. The molecule has 0 saturated heterocycles. The summed E-state index contributed by atoms with van der Waals surface area (Å²) in [4.78, 5) is 11.5. The van der Waals surface area contributed by atoms with Crippen molar-refractivity contribution >= 4 is 48.0 Å². The number of carbonyl (C=O) groups is 1. The van der Waals surface area contributed by atoms with Gasteiger partial charge in [-0.3, -0.25) is 4.79 Å². The quantitative estimate of drug-likeness (QED) is 0.624. The van der Waals surface area contributed by atoms with Crippen molar-refractivity contribution in [2.24, 2.45) is 5.73 Å². The van der Waals surface area contributed by atoms with Gasteiger partial charge in [-0.2, -0.15) is 0 Å². The molecule has 21 heavy (non-hydrogen) atoms. The van der Waals surface area contributed by atoms with Crippen molar-refractivity contribution < 1.29 is 9.53 Å². The van der Waals surface area contributed by atoms with E-state index in [-0.39, 0.29) is 30.7 Å². The van der Waals surface area contributed by atoms with E-state index in [1.165, 1.54) is 0 Å². The Morgan fingerprint density at radius 1 is 1.33 bits per heavy atom. The Morgan fingerprint density at radius 3 is 2.67 bits per heavy atom. The Labute approximate surface area is 142 Å². The molecule has 0 aromatic heterocycles. The van der Waals surface area contributed by atoms with E-state index in [4.69, 9.17) is 22.1 Å². The molecular weight excluding hydrogens is 337 g/mol. The number of nitrogens with one attached hydrogen (secondary N) is 2. The SMILES string of the molecule is COc1ccc(Cl)cc1NCCC(=O)NCCCN.Cl.Cl. The van der Waals surface area contributed by atoms with E-state index in [0.29, 0.717) is 36.8 Å². The van der Waals surface area contributed by atoms with E-state index in [1.54, 1.807) is 25.3 Å². The molecule has 0 fully saturated rings. The lowest BCUT2D eigenvalue weighted by atomic mass is 10.2. The van der Waals surface area contributed by atoms with E-state index in [2.05, 4.69) is 10.6 Å². The summed E-state index contributed by atoms with van der Waals surface area (Å²) in [5.74, 6) is 0.704. The maximum Gasteiger partial charge on any atom is 0.221 e. The molecule has 5 nitrogen and oxygen atoms in total. The molecule has 0 atom stereocenters. The summed E-state index contributed by atoms with van der Waals surface area (Å²) in [5, 5.41) is 6.55. The van der Waals surface area contributed by atoms with Gasteiger partial charge in [-0.25, -0.2) is 0 Å². The number of hydrogen-bond donors (Lipinski definition) is 3. The lowest BCUT2D eigenvalue weighted by molar-refractivity contribution is -0.120. The van der Waals surface area contributed by atoms with Gasteiger partial charge in [0.2, 0.25) is 5.91 Å². The Morgan fingerprint density at radius 2 is 2.05 bits per heavy atom. The zero-order valence-corrected chi connectivity index (χ0v) is 14.2. The highest BCUT2D eigenvalue weighted by atomic mass is 35.5. The van der Waals surface area contributed by atoms with E-state index >= 15 is 0 Å². The van der Waals surface area contributed by atoms with Crippen LogP contribution < -0.4 is 21.1 Å². The maximum absolute atomic E-state index is 11.5. The van der Waals surface area contributed by atoms with Crippen molar-refractivity contribution in [2.75, 3.05) is 32.1 Å². The third-order valence-corrected chi connectivity index (χ3v) is 2.77. The molecule has 1 amide bonds. The van der Waals surface area contributed by atoms with E-state index < -0.39 is 0 Å². The molecule has 4 N–H and O–H groups in total. The van der Waals surface area contributed by atoms with Crippen LogP contribution in [-0.2, 0) is 4.79 Å². The molecule has 1 aromatic rings. The molecule has 1 aromatic carbocycles. The van der Waals surface area contributed by atoms with Crippen LogP contribution in [0.5, 0.6) is 5.75 Å². The summed E-state index contributed by atoms with van der Waals surface area (Å²) >= 11 is 5.91. The van der Waals surface area contributed by atoms with Gasteiger partial charge in [0, 0.05) is 24.5 Å². The first-order valence-corrected chi connectivity index (χ1v) is 6.59. The molecule has 0 radical (unpaired) electrons. The number of carbonyl (C=O) groups excluding carboxylic acids is 1. The number of rotatable bonds is 8. The standard InChI is InChI=1S/C13H20ClN3O2.2ClH/c1-19-12-4-3-10(14)9-11(12)16-8-5-13(18)17-7-2-6-15;;/h3-4,9,16H,2,5-8,15H2,1H3,(H,17,18);2*1H. The van der Waals surface area contributed by atoms with Crippen LogP contribution in [0.3, 0.4) is 0 Å². The largest absolute Gasteiger partial charge is 0.495 e. The summed E-state index contributed by atoms with van der Waals surface area (Å²) in [7, 11) is 1.59. The smallest absolute Gasteiger partial charge is 0.221 e. The number of benzene rings is 1. The first-order valence-electron chi connectivity index (χ1n) is 6.21. The highest BCUT2D eigenvalue weighted by Gasteiger charge is 2.05. The van der Waals surface area contributed by atoms with Crippen LogP contribution >= 0.6 is 36.4 Å².